The molecule has 5 heteroatoms. The normalized spacial score (nSPS) is 13.3. The van der Waals surface area contributed by atoms with Crippen molar-refractivity contribution in [1.29, 1.82) is 0 Å². The second-order valence-electron chi connectivity index (χ2n) is 5.40. The van der Waals surface area contributed by atoms with E-state index in [1.165, 1.54) is 0 Å². The molecule has 0 fully saturated rings. The first-order valence-electron chi connectivity index (χ1n) is 7.49. The number of hydrogen-bond donors (Lipinski definition) is 1. The van der Waals surface area contributed by atoms with Gasteiger partial charge in [-0.2, -0.15) is 0 Å². The highest BCUT2D eigenvalue weighted by molar-refractivity contribution is 6.09. The van der Waals surface area contributed by atoms with Crippen molar-refractivity contribution in [3.63, 3.8) is 0 Å². The van der Waals surface area contributed by atoms with E-state index in [4.69, 9.17) is 4.74 Å². The largest absolute Gasteiger partial charge is 0.497 e. The van der Waals surface area contributed by atoms with Crippen LogP contribution in [0.25, 0.3) is 0 Å². The molecule has 0 radical (unpaired) electrons. The van der Waals surface area contributed by atoms with E-state index in [1.807, 2.05) is 42.5 Å². The van der Waals surface area contributed by atoms with Crippen LogP contribution in [0.2, 0.25) is 0 Å². The SMILES string of the molecule is COc1cccc(CCC(=O)N2CC(=O)Nc3ccccc32)c1. The van der Waals surface area contributed by atoms with Crippen molar-refractivity contribution in [3.8, 4) is 5.75 Å². The van der Waals surface area contributed by atoms with E-state index in [9.17, 15) is 9.59 Å². The molecule has 0 unspecified atom stereocenters. The molecule has 2 amide bonds. The number of carbonyl (C=O) groups excluding carboxylic acids is 2. The van der Waals surface area contributed by atoms with Crippen LogP contribution < -0.4 is 15.0 Å². The molecule has 0 aliphatic carbocycles. The van der Waals surface area contributed by atoms with Gasteiger partial charge in [-0.3, -0.25) is 9.59 Å². The zero-order valence-corrected chi connectivity index (χ0v) is 12.9. The van der Waals surface area contributed by atoms with E-state index in [1.54, 1.807) is 18.1 Å². The van der Waals surface area contributed by atoms with Crippen molar-refractivity contribution in [1.82, 2.24) is 0 Å². The molecule has 0 atom stereocenters. The molecule has 1 N–H and O–H groups in total. The smallest absolute Gasteiger partial charge is 0.244 e. The van der Waals surface area contributed by atoms with Crippen molar-refractivity contribution in [3.05, 3.63) is 54.1 Å². The summed E-state index contributed by atoms with van der Waals surface area (Å²) in [4.78, 5) is 25.9. The van der Waals surface area contributed by atoms with Gasteiger partial charge in [-0.15, -0.1) is 0 Å². The van der Waals surface area contributed by atoms with E-state index in [-0.39, 0.29) is 18.4 Å². The highest BCUT2D eigenvalue weighted by Crippen LogP contribution is 2.29. The van der Waals surface area contributed by atoms with Gasteiger partial charge in [0.2, 0.25) is 11.8 Å². The average molecular weight is 310 g/mol. The van der Waals surface area contributed by atoms with Gasteiger partial charge in [0.15, 0.2) is 0 Å². The molecule has 0 saturated heterocycles. The minimum atomic E-state index is -0.168. The van der Waals surface area contributed by atoms with Crippen LogP contribution in [-0.4, -0.2) is 25.5 Å². The van der Waals surface area contributed by atoms with Crippen LogP contribution >= 0.6 is 0 Å². The molecule has 2 aromatic rings. The van der Waals surface area contributed by atoms with Gasteiger partial charge in [-0.1, -0.05) is 24.3 Å². The van der Waals surface area contributed by atoms with E-state index in [2.05, 4.69) is 5.32 Å². The van der Waals surface area contributed by atoms with Gasteiger partial charge >= 0.3 is 0 Å². The summed E-state index contributed by atoms with van der Waals surface area (Å²) in [5.41, 5.74) is 2.47. The maximum absolute atomic E-state index is 12.5. The first-order valence-corrected chi connectivity index (χ1v) is 7.49. The van der Waals surface area contributed by atoms with Crippen LogP contribution in [0.5, 0.6) is 5.75 Å². The van der Waals surface area contributed by atoms with Gasteiger partial charge in [0, 0.05) is 6.42 Å². The topological polar surface area (TPSA) is 58.6 Å². The van der Waals surface area contributed by atoms with Crippen molar-refractivity contribution >= 4 is 23.2 Å². The highest BCUT2D eigenvalue weighted by Gasteiger charge is 2.26. The molecular weight excluding hydrogens is 292 g/mol. The van der Waals surface area contributed by atoms with Gasteiger partial charge in [0.25, 0.3) is 0 Å². The number of aryl methyl sites for hydroxylation is 1. The molecule has 0 bridgehead atoms. The third-order valence-electron chi connectivity index (χ3n) is 3.83. The molecular formula is C18H18N2O3. The van der Waals surface area contributed by atoms with Crippen molar-refractivity contribution in [2.45, 2.75) is 12.8 Å². The van der Waals surface area contributed by atoms with Crippen LogP contribution in [0.3, 0.4) is 0 Å². The quantitative estimate of drug-likeness (QED) is 0.944. The number of nitrogens with one attached hydrogen (secondary N) is 1. The summed E-state index contributed by atoms with van der Waals surface area (Å²) in [5, 5.41) is 2.78. The highest BCUT2D eigenvalue weighted by atomic mass is 16.5. The average Bonchev–Trinajstić information content (AvgIpc) is 2.59. The van der Waals surface area contributed by atoms with Crippen LogP contribution in [-0.2, 0) is 16.0 Å². The number of rotatable bonds is 4. The number of nitrogens with zero attached hydrogens (tertiary/aromatic N) is 1. The second-order valence-corrected chi connectivity index (χ2v) is 5.40. The minimum Gasteiger partial charge on any atom is -0.497 e. The number of amides is 2. The van der Waals surface area contributed by atoms with Gasteiger partial charge in [0.05, 0.1) is 18.5 Å². The van der Waals surface area contributed by atoms with Gasteiger partial charge in [-0.05, 0) is 36.2 Å². The first kappa shape index (κ1) is 15.1. The fourth-order valence-corrected chi connectivity index (χ4v) is 2.67. The maximum atomic E-state index is 12.5. The Balaban J connectivity index is 1.72. The summed E-state index contributed by atoms with van der Waals surface area (Å²) in [5.74, 6) is 0.547. The number of benzene rings is 2. The second kappa shape index (κ2) is 6.52. The number of ether oxygens (including phenoxy) is 1. The molecule has 3 rings (SSSR count). The number of para-hydroxylation sites is 2. The third kappa shape index (κ3) is 3.34. The molecule has 118 valence electrons. The predicted octanol–water partition coefficient (Wildman–Crippen LogP) is 2.61. The van der Waals surface area contributed by atoms with Crippen LogP contribution in [0, 0.1) is 0 Å². The lowest BCUT2D eigenvalue weighted by Crippen LogP contribution is -2.42. The molecule has 0 saturated carbocycles. The Labute approximate surface area is 134 Å². The van der Waals surface area contributed by atoms with Gasteiger partial charge in [-0.25, -0.2) is 0 Å². The maximum Gasteiger partial charge on any atom is 0.244 e. The van der Waals surface area contributed by atoms with Crippen molar-refractivity contribution < 1.29 is 14.3 Å². The Morgan fingerprint density at radius 3 is 2.87 bits per heavy atom. The van der Waals surface area contributed by atoms with Crippen LogP contribution in [0.4, 0.5) is 11.4 Å². The van der Waals surface area contributed by atoms with Gasteiger partial charge < -0.3 is 15.0 Å². The molecule has 5 nitrogen and oxygen atoms in total. The molecule has 1 aliphatic rings. The number of methoxy groups -OCH3 is 1. The summed E-state index contributed by atoms with van der Waals surface area (Å²) in [7, 11) is 1.62. The lowest BCUT2D eigenvalue weighted by molar-refractivity contribution is -0.121. The summed E-state index contributed by atoms with van der Waals surface area (Å²) in [6.45, 7) is 0.0634. The Morgan fingerprint density at radius 1 is 1.22 bits per heavy atom. The van der Waals surface area contributed by atoms with Crippen LogP contribution in [0.1, 0.15) is 12.0 Å². The predicted molar refractivity (Wildman–Crippen MR) is 88.7 cm³/mol. The molecule has 2 aromatic carbocycles. The van der Waals surface area contributed by atoms with Gasteiger partial charge in [0.1, 0.15) is 12.3 Å². The Kier molecular flexibility index (Phi) is 4.28. The summed E-state index contributed by atoms with van der Waals surface area (Å²) in [6, 6.07) is 15.0. The molecule has 1 aliphatic heterocycles. The number of carbonyl (C=O) groups is 2. The fourth-order valence-electron chi connectivity index (χ4n) is 2.67. The third-order valence-corrected chi connectivity index (χ3v) is 3.83. The number of fused-ring (bicyclic) bond motifs is 1. The molecule has 1 heterocycles. The Bertz CT molecular complexity index is 743. The fraction of sp³-hybridized carbons (Fsp3) is 0.222. The summed E-state index contributed by atoms with van der Waals surface area (Å²) in [6.07, 6.45) is 0.950. The lowest BCUT2D eigenvalue weighted by atomic mass is 10.1. The Hall–Kier alpha value is -2.82. The number of anilines is 2. The minimum absolute atomic E-state index is 0.0601. The van der Waals surface area contributed by atoms with E-state index in [0.29, 0.717) is 18.5 Å². The standard InChI is InChI=1S/C18H18N2O3/c1-23-14-6-4-5-13(11-14)9-10-18(22)20-12-17(21)19-15-7-2-3-8-16(15)20/h2-8,11H,9-10,12H2,1H3,(H,19,21). The van der Waals surface area contributed by atoms with Crippen LogP contribution in [0.15, 0.2) is 48.5 Å². The summed E-state index contributed by atoms with van der Waals surface area (Å²) >= 11 is 0. The molecule has 0 spiro atoms. The van der Waals surface area contributed by atoms with E-state index >= 15 is 0 Å². The summed E-state index contributed by atoms with van der Waals surface area (Å²) < 4.78 is 5.19. The molecule has 23 heavy (non-hydrogen) atoms. The molecule has 0 aromatic heterocycles. The lowest BCUT2D eigenvalue weighted by Gasteiger charge is -2.29. The van der Waals surface area contributed by atoms with Crippen molar-refractivity contribution in [2.24, 2.45) is 0 Å². The first-order chi connectivity index (χ1) is 11.2. The van der Waals surface area contributed by atoms with E-state index in [0.717, 1.165) is 17.0 Å². The van der Waals surface area contributed by atoms with E-state index < -0.39 is 0 Å². The van der Waals surface area contributed by atoms with Crippen molar-refractivity contribution in [2.75, 3.05) is 23.9 Å². The zero-order valence-electron chi connectivity index (χ0n) is 12.9. The monoisotopic (exact) mass is 310 g/mol. The number of hydrogen-bond acceptors (Lipinski definition) is 3. The zero-order chi connectivity index (χ0) is 16.2. The Morgan fingerprint density at radius 2 is 2.04 bits per heavy atom.